The fourth-order valence-electron chi connectivity index (χ4n) is 2.86. The third-order valence-electron chi connectivity index (χ3n) is 5.00. The zero-order chi connectivity index (χ0) is 24.5. The predicted molar refractivity (Wildman–Crippen MR) is 122 cm³/mol. The number of benzene rings is 1. The molecule has 0 aromatic heterocycles. The number of rotatable bonds is 10. The van der Waals surface area contributed by atoms with Gasteiger partial charge in [-0.1, -0.05) is 45.9 Å². The topological polar surface area (TPSA) is 73.3 Å². The SMILES string of the molecule is CC/C=C(/C=C(/C(=O)CCC)N(C)c1cccc(C(=N)NC(=O)C(C)CC)c1)C(F)(F)F. The number of ketones is 1. The Morgan fingerprint density at radius 2 is 1.88 bits per heavy atom. The predicted octanol–water partition coefficient (Wildman–Crippen LogP) is 5.76. The highest BCUT2D eigenvalue weighted by molar-refractivity contribution is 6.07. The molecule has 0 saturated carbocycles. The van der Waals surface area contributed by atoms with Gasteiger partial charge in [-0.2, -0.15) is 13.2 Å². The minimum atomic E-state index is -4.58. The number of alkyl halides is 3. The average molecular weight is 452 g/mol. The van der Waals surface area contributed by atoms with E-state index in [1.807, 2.05) is 6.92 Å². The highest BCUT2D eigenvalue weighted by Crippen LogP contribution is 2.30. The maximum atomic E-state index is 13.5. The summed E-state index contributed by atoms with van der Waals surface area (Å²) in [5, 5.41) is 10.7. The Morgan fingerprint density at radius 3 is 2.41 bits per heavy atom. The van der Waals surface area contributed by atoms with Crippen LogP contribution in [0.25, 0.3) is 0 Å². The second kappa shape index (κ2) is 12.2. The number of halogens is 3. The molecule has 5 nitrogen and oxygen atoms in total. The van der Waals surface area contributed by atoms with E-state index in [9.17, 15) is 22.8 Å². The zero-order valence-electron chi connectivity index (χ0n) is 19.3. The van der Waals surface area contributed by atoms with Crippen molar-refractivity contribution in [2.75, 3.05) is 11.9 Å². The van der Waals surface area contributed by atoms with Crippen molar-refractivity contribution in [3.8, 4) is 0 Å². The highest BCUT2D eigenvalue weighted by atomic mass is 19.4. The van der Waals surface area contributed by atoms with Crippen molar-refractivity contribution in [1.82, 2.24) is 5.32 Å². The van der Waals surface area contributed by atoms with Gasteiger partial charge in [-0.25, -0.2) is 0 Å². The van der Waals surface area contributed by atoms with Gasteiger partial charge in [-0.3, -0.25) is 15.0 Å². The molecule has 2 N–H and O–H groups in total. The largest absolute Gasteiger partial charge is 0.416 e. The average Bonchev–Trinajstić information content (AvgIpc) is 2.74. The molecule has 0 bridgehead atoms. The summed E-state index contributed by atoms with van der Waals surface area (Å²) in [5.74, 6) is -1.06. The number of carbonyl (C=O) groups is 2. The Bertz CT molecular complexity index is 889. The van der Waals surface area contributed by atoms with Crippen LogP contribution in [0.5, 0.6) is 0 Å². The molecule has 0 aliphatic heterocycles. The van der Waals surface area contributed by atoms with Crippen LogP contribution in [0, 0.1) is 11.3 Å². The van der Waals surface area contributed by atoms with E-state index < -0.39 is 17.5 Å². The third kappa shape index (κ3) is 7.66. The standard InChI is InChI=1S/C24H32F3N3O2/c1-6-10-18(24(25,26)27)15-20(21(31)11-7-2)30(5)19-13-9-12-17(14-19)22(28)29-23(32)16(4)8-3/h9-10,12-16H,6-8,11H2,1-5H3,(H2,28,29,32)/b18-10-,20-15-. The van der Waals surface area contributed by atoms with E-state index >= 15 is 0 Å². The van der Waals surface area contributed by atoms with Crippen LogP contribution in [0.4, 0.5) is 18.9 Å². The van der Waals surface area contributed by atoms with Gasteiger partial charge in [0.1, 0.15) is 5.84 Å². The van der Waals surface area contributed by atoms with Gasteiger partial charge < -0.3 is 10.2 Å². The van der Waals surface area contributed by atoms with Crippen LogP contribution in [-0.2, 0) is 9.59 Å². The summed E-state index contributed by atoms with van der Waals surface area (Å²) in [6.07, 6.45) is -1.26. The molecular weight excluding hydrogens is 419 g/mol. The second-order valence-corrected chi connectivity index (χ2v) is 7.55. The summed E-state index contributed by atoms with van der Waals surface area (Å²) < 4.78 is 40.4. The molecule has 0 radical (unpaired) electrons. The molecule has 0 heterocycles. The van der Waals surface area contributed by atoms with Gasteiger partial charge in [0.05, 0.1) is 11.3 Å². The van der Waals surface area contributed by atoms with Gasteiger partial charge in [-0.05, 0) is 37.5 Å². The Morgan fingerprint density at radius 1 is 1.22 bits per heavy atom. The maximum absolute atomic E-state index is 13.5. The number of allylic oxidation sites excluding steroid dienone is 4. The lowest BCUT2D eigenvalue weighted by atomic mass is 10.1. The maximum Gasteiger partial charge on any atom is 0.416 e. The molecule has 8 heteroatoms. The third-order valence-corrected chi connectivity index (χ3v) is 5.00. The quantitative estimate of drug-likeness (QED) is 0.206. The molecule has 1 aromatic rings. The molecule has 1 unspecified atom stereocenters. The first-order valence-electron chi connectivity index (χ1n) is 10.7. The van der Waals surface area contributed by atoms with Gasteiger partial charge in [0.2, 0.25) is 5.91 Å². The van der Waals surface area contributed by atoms with Gasteiger partial charge in [0, 0.05) is 30.6 Å². The van der Waals surface area contributed by atoms with Crippen LogP contribution in [0.3, 0.4) is 0 Å². The van der Waals surface area contributed by atoms with Crippen molar-refractivity contribution in [3.63, 3.8) is 0 Å². The lowest BCUT2D eigenvalue weighted by molar-refractivity contribution is -0.123. The van der Waals surface area contributed by atoms with Crippen LogP contribution >= 0.6 is 0 Å². The first kappa shape index (κ1) is 27.1. The molecule has 0 aliphatic carbocycles. The summed E-state index contributed by atoms with van der Waals surface area (Å²) >= 11 is 0. The van der Waals surface area contributed by atoms with E-state index in [0.717, 1.165) is 12.2 Å². The van der Waals surface area contributed by atoms with Crippen LogP contribution in [-0.4, -0.2) is 30.8 Å². The molecule has 0 saturated heterocycles. The van der Waals surface area contributed by atoms with Gasteiger partial charge in [0.25, 0.3) is 0 Å². The molecule has 32 heavy (non-hydrogen) atoms. The summed E-state index contributed by atoms with van der Waals surface area (Å²) in [7, 11) is 1.51. The summed E-state index contributed by atoms with van der Waals surface area (Å²) in [4.78, 5) is 26.2. The van der Waals surface area contributed by atoms with Crippen LogP contribution in [0.15, 0.2) is 47.7 Å². The normalized spacial score (nSPS) is 13.5. The molecule has 1 aromatic carbocycles. The highest BCUT2D eigenvalue weighted by Gasteiger charge is 2.33. The number of amidine groups is 1. The zero-order valence-corrected chi connectivity index (χ0v) is 19.3. The minimum Gasteiger partial charge on any atom is -0.342 e. The summed E-state index contributed by atoms with van der Waals surface area (Å²) in [6, 6.07) is 6.44. The van der Waals surface area contributed by atoms with E-state index in [1.165, 1.54) is 11.9 Å². The number of likely N-dealkylation sites (N-methyl/N-ethyl adjacent to an activating group) is 1. The number of nitrogens with zero attached hydrogens (tertiary/aromatic N) is 1. The molecule has 0 spiro atoms. The number of nitrogens with one attached hydrogen (secondary N) is 2. The molecular formula is C24H32F3N3O2. The molecule has 0 aliphatic rings. The van der Waals surface area contributed by atoms with E-state index in [-0.39, 0.29) is 36.2 Å². The Labute approximate surface area is 187 Å². The number of hydrogen-bond acceptors (Lipinski definition) is 4. The van der Waals surface area contributed by atoms with Crippen LogP contribution in [0.1, 0.15) is 58.9 Å². The molecule has 1 amide bonds. The van der Waals surface area contributed by atoms with Crippen molar-refractivity contribution in [3.05, 3.63) is 53.3 Å². The second-order valence-electron chi connectivity index (χ2n) is 7.55. The lowest BCUT2D eigenvalue weighted by Crippen LogP contribution is -2.34. The van der Waals surface area contributed by atoms with Gasteiger partial charge in [-0.15, -0.1) is 0 Å². The van der Waals surface area contributed by atoms with Gasteiger partial charge in [0.15, 0.2) is 5.78 Å². The molecule has 0 fully saturated rings. The van der Waals surface area contributed by atoms with Crippen LogP contribution in [0.2, 0.25) is 0 Å². The fourth-order valence-corrected chi connectivity index (χ4v) is 2.86. The summed E-state index contributed by atoms with van der Waals surface area (Å²) in [5.41, 5.74) is -0.153. The number of Topliss-reactive ketones (excluding diaryl/α,β-unsaturated/α-hetero) is 1. The van der Waals surface area contributed by atoms with E-state index in [1.54, 1.807) is 45.0 Å². The number of hydrogen-bond donors (Lipinski definition) is 2. The van der Waals surface area contributed by atoms with Crippen molar-refractivity contribution < 1.29 is 22.8 Å². The monoisotopic (exact) mass is 451 g/mol. The van der Waals surface area contributed by atoms with E-state index in [4.69, 9.17) is 5.41 Å². The van der Waals surface area contributed by atoms with Crippen molar-refractivity contribution in [2.24, 2.45) is 5.92 Å². The first-order valence-corrected chi connectivity index (χ1v) is 10.7. The van der Waals surface area contributed by atoms with Crippen molar-refractivity contribution in [2.45, 2.75) is 59.6 Å². The van der Waals surface area contributed by atoms with Crippen LogP contribution < -0.4 is 10.2 Å². The molecule has 1 rings (SSSR count). The number of carbonyl (C=O) groups excluding carboxylic acids is 2. The van der Waals surface area contributed by atoms with Crippen molar-refractivity contribution in [1.29, 1.82) is 5.41 Å². The minimum absolute atomic E-state index is 0.0869. The number of amides is 1. The Balaban J connectivity index is 3.36. The molecule has 1 atom stereocenters. The lowest BCUT2D eigenvalue weighted by Gasteiger charge is -2.24. The summed E-state index contributed by atoms with van der Waals surface area (Å²) in [6.45, 7) is 7.00. The van der Waals surface area contributed by atoms with E-state index in [2.05, 4.69) is 5.32 Å². The Hall–Kier alpha value is -2.90. The number of anilines is 1. The van der Waals surface area contributed by atoms with Crippen molar-refractivity contribution >= 4 is 23.2 Å². The van der Waals surface area contributed by atoms with E-state index in [0.29, 0.717) is 24.1 Å². The smallest absolute Gasteiger partial charge is 0.342 e. The molecule has 176 valence electrons. The Kier molecular flexibility index (Phi) is 10.4. The fraction of sp³-hybridized carbons (Fsp3) is 0.458. The first-order chi connectivity index (χ1) is 15.0. The van der Waals surface area contributed by atoms with Gasteiger partial charge >= 0.3 is 6.18 Å².